The number of para-hydroxylation sites is 1. The van der Waals surface area contributed by atoms with Gasteiger partial charge in [0.25, 0.3) is 11.7 Å². The topological polar surface area (TPSA) is 85.9 Å². The molecule has 1 amide bonds. The molecule has 2 aliphatic heterocycles. The van der Waals surface area contributed by atoms with Gasteiger partial charge >= 0.3 is 0 Å². The number of carbonyl (C=O) groups is 2. The normalized spacial score (nSPS) is 19.7. The van der Waals surface area contributed by atoms with Crippen LogP contribution in [0.15, 0.2) is 54.2 Å². The molecule has 2 aliphatic rings. The number of aromatic amines is 1. The van der Waals surface area contributed by atoms with Gasteiger partial charge in [0.1, 0.15) is 11.5 Å². The summed E-state index contributed by atoms with van der Waals surface area (Å²) in [6.45, 7) is 1.57. The Balaban J connectivity index is 1.67. The lowest BCUT2D eigenvalue weighted by Gasteiger charge is -2.26. The highest BCUT2D eigenvalue weighted by atomic mass is 16.5. The maximum Gasteiger partial charge on any atom is 0.295 e. The summed E-state index contributed by atoms with van der Waals surface area (Å²) in [5.74, 6) is -0.608. The number of hydrogen-bond donors (Lipinski definition) is 2. The molecule has 7 heteroatoms. The van der Waals surface area contributed by atoms with Crippen LogP contribution in [-0.4, -0.2) is 65.4 Å². The van der Waals surface area contributed by atoms with E-state index in [-0.39, 0.29) is 11.3 Å². The molecule has 1 fully saturated rings. The van der Waals surface area contributed by atoms with Gasteiger partial charge in [-0.1, -0.05) is 18.2 Å². The largest absolute Gasteiger partial charge is 0.507 e. The van der Waals surface area contributed by atoms with Gasteiger partial charge in [-0.3, -0.25) is 9.59 Å². The van der Waals surface area contributed by atoms with Crippen molar-refractivity contribution in [3.63, 3.8) is 0 Å². The van der Waals surface area contributed by atoms with Crippen LogP contribution in [0.4, 0.5) is 0 Å². The van der Waals surface area contributed by atoms with E-state index in [9.17, 15) is 14.7 Å². The molecule has 7 nitrogen and oxygen atoms in total. The Morgan fingerprint density at radius 3 is 2.84 bits per heavy atom. The summed E-state index contributed by atoms with van der Waals surface area (Å²) < 4.78 is 5.56. The summed E-state index contributed by atoms with van der Waals surface area (Å²) in [6, 6.07) is 12.5. The minimum atomic E-state index is -0.671. The Hall–Kier alpha value is -3.58. The lowest BCUT2D eigenvalue weighted by atomic mass is 9.94. The summed E-state index contributed by atoms with van der Waals surface area (Å²) in [6.07, 6.45) is 2.58. The molecule has 0 radical (unpaired) electrons. The molecule has 32 heavy (non-hydrogen) atoms. The number of amides is 1. The average molecular weight is 431 g/mol. The fourth-order valence-corrected chi connectivity index (χ4v) is 4.55. The number of nitrogens with one attached hydrogen (secondary N) is 1. The second-order valence-corrected chi connectivity index (χ2v) is 8.51. The summed E-state index contributed by atoms with van der Waals surface area (Å²) in [5.41, 5.74) is 3.33. The number of hydrogen-bond acceptors (Lipinski definition) is 5. The molecule has 2 N–H and O–H groups in total. The molecule has 0 bridgehead atoms. The standard InChI is InChI=1S/C25H25N3O4/c1-27(2)10-11-28-22(18-14-26-19-6-4-3-5-17(18)19)21(24(30)25(28)31)23(29)16-7-8-20-15(13-16)9-12-32-20/h3-8,13-14,22,26,29H,9-12H2,1-2H3/b23-21+. The minimum absolute atomic E-state index is 0.123. The minimum Gasteiger partial charge on any atom is -0.507 e. The van der Waals surface area contributed by atoms with Crippen LogP contribution in [0.5, 0.6) is 5.75 Å². The van der Waals surface area contributed by atoms with Crippen LogP contribution >= 0.6 is 0 Å². The first kappa shape index (κ1) is 20.3. The lowest BCUT2D eigenvalue weighted by Crippen LogP contribution is -2.35. The van der Waals surface area contributed by atoms with E-state index in [0.29, 0.717) is 25.3 Å². The van der Waals surface area contributed by atoms with E-state index in [4.69, 9.17) is 4.74 Å². The predicted octanol–water partition coefficient (Wildman–Crippen LogP) is 3.09. The van der Waals surface area contributed by atoms with Crippen LogP contribution in [0.25, 0.3) is 16.7 Å². The third-order valence-electron chi connectivity index (χ3n) is 6.21. The van der Waals surface area contributed by atoms with Gasteiger partial charge < -0.3 is 24.6 Å². The van der Waals surface area contributed by atoms with E-state index in [0.717, 1.165) is 34.2 Å². The van der Waals surface area contributed by atoms with Crippen LogP contribution in [0.2, 0.25) is 0 Å². The van der Waals surface area contributed by atoms with Crippen molar-refractivity contribution in [1.29, 1.82) is 0 Å². The fraction of sp³-hybridized carbons (Fsp3) is 0.280. The molecule has 1 atom stereocenters. The number of ether oxygens (including phenoxy) is 1. The molecule has 5 rings (SSSR count). The van der Waals surface area contributed by atoms with E-state index in [2.05, 4.69) is 4.98 Å². The van der Waals surface area contributed by atoms with Crippen molar-refractivity contribution < 1.29 is 19.4 Å². The first-order valence-corrected chi connectivity index (χ1v) is 10.7. The van der Waals surface area contributed by atoms with Gasteiger partial charge in [-0.25, -0.2) is 0 Å². The van der Waals surface area contributed by atoms with Gasteiger partial charge in [0.05, 0.1) is 18.2 Å². The number of nitrogens with zero attached hydrogens (tertiary/aromatic N) is 2. The highest BCUT2D eigenvalue weighted by Gasteiger charge is 2.46. The number of aliphatic hydroxyl groups is 1. The smallest absolute Gasteiger partial charge is 0.295 e. The van der Waals surface area contributed by atoms with Crippen LogP contribution in [-0.2, 0) is 16.0 Å². The quantitative estimate of drug-likeness (QED) is 0.368. The molecular weight excluding hydrogens is 406 g/mol. The monoisotopic (exact) mass is 431 g/mol. The van der Waals surface area contributed by atoms with Gasteiger partial charge in [-0.2, -0.15) is 0 Å². The second-order valence-electron chi connectivity index (χ2n) is 8.51. The average Bonchev–Trinajstić information content (AvgIpc) is 3.48. The van der Waals surface area contributed by atoms with E-state index < -0.39 is 17.7 Å². The first-order valence-electron chi connectivity index (χ1n) is 10.7. The highest BCUT2D eigenvalue weighted by molar-refractivity contribution is 6.46. The van der Waals surface area contributed by atoms with Crippen molar-refractivity contribution in [2.24, 2.45) is 0 Å². The Labute approximate surface area is 185 Å². The molecule has 164 valence electrons. The van der Waals surface area contributed by atoms with Crippen LogP contribution in [0.1, 0.15) is 22.7 Å². The SMILES string of the molecule is CN(C)CCN1C(=O)C(=O)/C(=C(/O)c2ccc3c(c2)CCO3)C1c1c[nH]c2ccccc12. The molecule has 0 saturated carbocycles. The number of benzene rings is 2. The summed E-state index contributed by atoms with van der Waals surface area (Å²) in [7, 11) is 3.84. The summed E-state index contributed by atoms with van der Waals surface area (Å²) >= 11 is 0. The van der Waals surface area contributed by atoms with Crippen molar-refractivity contribution in [2.45, 2.75) is 12.5 Å². The Morgan fingerprint density at radius 2 is 2.03 bits per heavy atom. The number of ketones is 1. The van der Waals surface area contributed by atoms with Gasteiger partial charge in [0.2, 0.25) is 0 Å². The van der Waals surface area contributed by atoms with Crippen molar-refractivity contribution in [2.75, 3.05) is 33.8 Å². The fourth-order valence-electron chi connectivity index (χ4n) is 4.55. The Morgan fingerprint density at radius 1 is 1.22 bits per heavy atom. The molecular formula is C25H25N3O4. The number of carbonyl (C=O) groups excluding carboxylic acids is 2. The molecule has 0 aliphatic carbocycles. The lowest BCUT2D eigenvalue weighted by molar-refractivity contribution is -0.140. The van der Waals surface area contributed by atoms with Crippen molar-refractivity contribution in [1.82, 2.24) is 14.8 Å². The third kappa shape index (κ3) is 3.26. The number of aliphatic hydroxyl groups excluding tert-OH is 1. The van der Waals surface area contributed by atoms with E-state index in [1.54, 1.807) is 17.0 Å². The van der Waals surface area contributed by atoms with Gasteiger partial charge in [-0.05, 0) is 43.9 Å². The Bertz CT molecular complexity index is 1260. The number of aromatic nitrogens is 1. The van der Waals surface area contributed by atoms with Crippen molar-refractivity contribution in [3.05, 3.63) is 70.9 Å². The van der Waals surface area contributed by atoms with Crippen LogP contribution in [0.3, 0.4) is 0 Å². The van der Waals surface area contributed by atoms with Crippen LogP contribution < -0.4 is 4.74 Å². The van der Waals surface area contributed by atoms with Crippen molar-refractivity contribution in [3.8, 4) is 5.75 Å². The second kappa shape index (κ2) is 7.84. The van der Waals surface area contributed by atoms with Gasteiger partial charge in [0.15, 0.2) is 0 Å². The number of likely N-dealkylation sites (tertiary alicyclic amines) is 1. The van der Waals surface area contributed by atoms with Crippen LogP contribution in [0, 0.1) is 0 Å². The van der Waals surface area contributed by atoms with E-state index >= 15 is 0 Å². The predicted molar refractivity (Wildman–Crippen MR) is 122 cm³/mol. The molecule has 3 heterocycles. The maximum absolute atomic E-state index is 13.2. The first-order chi connectivity index (χ1) is 15.5. The summed E-state index contributed by atoms with van der Waals surface area (Å²) in [5, 5.41) is 12.2. The zero-order valence-corrected chi connectivity index (χ0v) is 18.1. The zero-order valence-electron chi connectivity index (χ0n) is 18.1. The molecule has 1 saturated heterocycles. The molecule has 1 unspecified atom stereocenters. The van der Waals surface area contributed by atoms with E-state index in [1.165, 1.54) is 0 Å². The third-order valence-corrected chi connectivity index (χ3v) is 6.21. The number of H-pyrrole nitrogens is 1. The molecule has 3 aromatic rings. The molecule has 1 aromatic heterocycles. The van der Waals surface area contributed by atoms with Crippen molar-refractivity contribution >= 4 is 28.4 Å². The summed E-state index contributed by atoms with van der Waals surface area (Å²) in [4.78, 5) is 33.0. The number of Topliss-reactive ketones (excluding diaryl/α,β-unsaturated/α-hetero) is 1. The zero-order chi connectivity index (χ0) is 22.4. The Kier molecular flexibility index (Phi) is 4.98. The number of fused-ring (bicyclic) bond motifs is 2. The number of likely N-dealkylation sites (N-methyl/N-ethyl adjacent to an activating group) is 1. The number of rotatable bonds is 5. The molecule has 0 spiro atoms. The van der Waals surface area contributed by atoms with Gasteiger partial charge in [0, 0.05) is 47.7 Å². The van der Waals surface area contributed by atoms with Gasteiger partial charge in [-0.15, -0.1) is 0 Å². The maximum atomic E-state index is 13.2. The van der Waals surface area contributed by atoms with E-state index in [1.807, 2.05) is 55.5 Å². The highest BCUT2D eigenvalue weighted by Crippen LogP contribution is 2.42. The molecule has 2 aromatic carbocycles.